The molecule has 3 aromatic rings. The van der Waals surface area contributed by atoms with E-state index in [4.69, 9.17) is 28.0 Å². The number of halogens is 2. The van der Waals surface area contributed by atoms with Gasteiger partial charge >= 0.3 is 0 Å². The van der Waals surface area contributed by atoms with E-state index in [1.54, 1.807) is 18.2 Å². The number of nitrogens with zero attached hydrogens (tertiary/aromatic N) is 1. The molecule has 0 radical (unpaired) electrons. The van der Waals surface area contributed by atoms with E-state index in [-0.39, 0.29) is 5.56 Å². The molecular weight excluding hydrogens is 285 g/mol. The summed E-state index contributed by atoms with van der Waals surface area (Å²) < 4.78 is 1.22. The number of aromatic nitrogens is 1. The third-order valence-electron chi connectivity index (χ3n) is 3.07. The molecule has 0 N–H and O–H groups in total. The Morgan fingerprint density at radius 2 is 1.63 bits per heavy atom. The molecule has 19 heavy (non-hydrogen) atoms. The Labute approximate surface area is 118 Å². The smallest absolute Gasteiger partial charge is 0.291 e. The fraction of sp³-hybridized carbons (Fsp3) is 0.0714. The van der Waals surface area contributed by atoms with Gasteiger partial charge in [-0.15, -0.1) is 4.73 Å². The summed E-state index contributed by atoms with van der Waals surface area (Å²) >= 11 is 12.1. The van der Waals surface area contributed by atoms with E-state index in [0.717, 1.165) is 10.8 Å². The maximum atomic E-state index is 12.3. The third kappa shape index (κ3) is 1.78. The minimum Gasteiger partial charge on any atom is -0.413 e. The van der Waals surface area contributed by atoms with E-state index in [1.807, 2.05) is 18.2 Å². The number of fused-ring (bicyclic) bond motifs is 3. The zero-order chi connectivity index (χ0) is 13.6. The molecule has 0 amide bonds. The molecule has 0 aliphatic rings. The van der Waals surface area contributed by atoms with Gasteiger partial charge in [-0.1, -0.05) is 41.4 Å². The zero-order valence-corrected chi connectivity index (χ0v) is 11.5. The van der Waals surface area contributed by atoms with Crippen LogP contribution in [-0.2, 0) is 0 Å². The number of pyridine rings is 1. The molecule has 0 atom stereocenters. The molecule has 0 bridgehead atoms. The predicted octanol–water partition coefficient (Wildman–Crippen LogP) is 3.52. The normalized spacial score (nSPS) is 11.1. The lowest BCUT2D eigenvalue weighted by molar-refractivity contribution is 0.170. The summed E-state index contributed by atoms with van der Waals surface area (Å²) in [6.45, 7) is 0. The first-order chi connectivity index (χ1) is 9.13. The molecule has 3 nitrogen and oxygen atoms in total. The maximum absolute atomic E-state index is 12.3. The molecule has 0 aliphatic heterocycles. The summed E-state index contributed by atoms with van der Waals surface area (Å²) in [6.07, 6.45) is 0. The molecule has 5 heteroatoms. The van der Waals surface area contributed by atoms with Gasteiger partial charge in [0.1, 0.15) is 7.11 Å². The molecule has 96 valence electrons. The summed E-state index contributed by atoms with van der Waals surface area (Å²) in [5.41, 5.74) is 0.379. The van der Waals surface area contributed by atoms with Crippen molar-refractivity contribution in [2.75, 3.05) is 7.11 Å². The van der Waals surface area contributed by atoms with Gasteiger partial charge < -0.3 is 4.84 Å². The van der Waals surface area contributed by atoms with Crippen molar-refractivity contribution in [3.8, 4) is 0 Å². The lowest BCUT2D eigenvalue weighted by Gasteiger charge is -2.12. The molecule has 0 fully saturated rings. The molecule has 0 saturated heterocycles. The van der Waals surface area contributed by atoms with Crippen LogP contribution >= 0.6 is 23.2 Å². The highest BCUT2D eigenvalue weighted by atomic mass is 35.5. The van der Waals surface area contributed by atoms with Crippen molar-refractivity contribution in [2.24, 2.45) is 0 Å². The van der Waals surface area contributed by atoms with Gasteiger partial charge in [-0.25, -0.2) is 0 Å². The van der Waals surface area contributed by atoms with Crippen LogP contribution in [0.5, 0.6) is 0 Å². The maximum Gasteiger partial charge on any atom is 0.291 e. The van der Waals surface area contributed by atoms with Gasteiger partial charge in [-0.2, -0.15) is 0 Å². The topological polar surface area (TPSA) is 31.2 Å². The van der Waals surface area contributed by atoms with E-state index in [9.17, 15) is 4.79 Å². The van der Waals surface area contributed by atoms with E-state index < -0.39 is 0 Å². The Morgan fingerprint density at radius 1 is 1.00 bits per heavy atom. The molecule has 0 spiro atoms. The van der Waals surface area contributed by atoms with Gasteiger partial charge in [0.05, 0.1) is 20.9 Å². The van der Waals surface area contributed by atoms with Crippen LogP contribution in [0.1, 0.15) is 0 Å². The van der Waals surface area contributed by atoms with E-state index >= 15 is 0 Å². The molecule has 1 aromatic heterocycles. The average Bonchev–Trinajstić information content (AvgIpc) is 2.42. The fourth-order valence-electron chi connectivity index (χ4n) is 2.22. The fourth-order valence-corrected chi connectivity index (χ4v) is 2.55. The van der Waals surface area contributed by atoms with Crippen LogP contribution in [0.2, 0.25) is 10.0 Å². The van der Waals surface area contributed by atoms with Gasteiger partial charge in [0.15, 0.2) is 0 Å². The zero-order valence-electron chi connectivity index (χ0n) is 9.98. The van der Waals surface area contributed by atoms with Crippen LogP contribution in [0.25, 0.3) is 21.7 Å². The monoisotopic (exact) mass is 293 g/mol. The van der Waals surface area contributed by atoms with Gasteiger partial charge in [0.25, 0.3) is 5.56 Å². The molecule has 3 rings (SSSR count). The van der Waals surface area contributed by atoms with Crippen molar-refractivity contribution in [1.29, 1.82) is 0 Å². The Hall–Kier alpha value is -1.71. The molecule has 0 aliphatic carbocycles. The lowest BCUT2D eigenvalue weighted by Crippen LogP contribution is -2.25. The van der Waals surface area contributed by atoms with Crippen LogP contribution in [-0.4, -0.2) is 11.8 Å². The quantitative estimate of drug-likeness (QED) is 0.643. The molecule has 0 unspecified atom stereocenters. The molecule has 2 aromatic carbocycles. The number of hydrogen-bond acceptors (Lipinski definition) is 2. The van der Waals surface area contributed by atoms with Crippen LogP contribution in [0.15, 0.2) is 41.2 Å². The summed E-state index contributed by atoms with van der Waals surface area (Å²) in [5, 5.41) is 3.06. The number of rotatable bonds is 1. The Morgan fingerprint density at radius 3 is 2.32 bits per heavy atom. The second-order valence-corrected chi connectivity index (χ2v) is 4.93. The first-order valence-corrected chi connectivity index (χ1v) is 6.36. The van der Waals surface area contributed by atoms with Crippen LogP contribution in [0.3, 0.4) is 0 Å². The Kier molecular flexibility index (Phi) is 2.88. The summed E-state index contributed by atoms with van der Waals surface area (Å²) in [5.74, 6) is 0. The van der Waals surface area contributed by atoms with Crippen molar-refractivity contribution in [3.63, 3.8) is 0 Å². The lowest BCUT2D eigenvalue weighted by atomic mass is 10.1. The molecular formula is C14H9Cl2NO2. The van der Waals surface area contributed by atoms with Crippen molar-refractivity contribution >= 4 is 44.9 Å². The first kappa shape index (κ1) is 12.3. The Balaban J connectivity index is 2.67. The van der Waals surface area contributed by atoms with Crippen molar-refractivity contribution in [2.45, 2.75) is 0 Å². The highest BCUT2D eigenvalue weighted by Gasteiger charge is 2.12. The number of benzene rings is 2. The van der Waals surface area contributed by atoms with Crippen LogP contribution in [0.4, 0.5) is 0 Å². The second kappa shape index (κ2) is 4.44. The van der Waals surface area contributed by atoms with Crippen LogP contribution < -0.4 is 10.4 Å². The predicted molar refractivity (Wildman–Crippen MR) is 78.2 cm³/mol. The van der Waals surface area contributed by atoms with Gasteiger partial charge in [-0.3, -0.25) is 4.79 Å². The van der Waals surface area contributed by atoms with E-state index in [1.165, 1.54) is 11.8 Å². The van der Waals surface area contributed by atoms with E-state index in [2.05, 4.69) is 0 Å². The SMILES string of the molecule is COn1c(=O)c2ccccc2c2cc(Cl)c(Cl)cc21. The number of hydrogen-bond donors (Lipinski definition) is 0. The minimum atomic E-state index is -0.219. The molecule has 1 heterocycles. The minimum absolute atomic E-state index is 0.219. The molecule has 0 saturated carbocycles. The van der Waals surface area contributed by atoms with Crippen LogP contribution in [0, 0.1) is 0 Å². The standard InChI is InChI=1S/C14H9Cl2NO2/c1-19-17-13-7-12(16)11(15)6-10(13)8-4-2-3-5-9(8)14(17)18/h2-7H,1H3. The largest absolute Gasteiger partial charge is 0.413 e. The summed E-state index contributed by atoms with van der Waals surface area (Å²) in [6, 6.07) is 10.7. The first-order valence-electron chi connectivity index (χ1n) is 5.60. The van der Waals surface area contributed by atoms with Gasteiger partial charge in [-0.05, 0) is 23.6 Å². The second-order valence-electron chi connectivity index (χ2n) is 4.11. The van der Waals surface area contributed by atoms with Crippen molar-refractivity contribution in [1.82, 2.24) is 4.73 Å². The van der Waals surface area contributed by atoms with Crippen molar-refractivity contribution < 1.29 is 4.84 Å². The third-order valence-corrected chi connectivity index (χ3v) is 3.79. The summed E-state index contributed by atoms with van der Waals surface area (Å²) in [4.78, 5) is 17.5. The van der Waals surface area contributed by atoms with Crippen molar-refractivity contribution in [3.05, 3.63) is 56.8 Å². The van der Waals surface area contributed by atoms with Gasteiger partial charge in [0, 0.05) is 5.39 Å². The summed E-state index contributed by atoms with van der Waals surface area (Å²) in [7, 11) is 1.44. The highest BCUT2D eigenvalue weighted by molar-refractivity contribution is 6.43. The highest BCUT2D eigenvalue weighted by Crippen LogP contribution is 2.30. The van der Waals surface area contributed by atoms with E-state index in [0.29, 0.717) is 20.9 Å². The Bertz CT molecular complexity index is 855. The average molecular weight is 294 g/mol. The van der Waals surface area contributed by atoms with Gasteiger partial charge in [0.2, 0.25) is 0 Å².